The molecule has 2 amide bonds. The van der Waals surface area contributed by atoms with Crippen LogP contribution in [0.5, 0.6) is 0 Å². The van der Waals surface area contributed by atoms with Crippen LogP contribution in [-0.4, -0.2) is 24.9 Å². The van der Waals surface area contributed by atoms with Crippen LogP contribution in [0.4, 0.5) is 4.39 Å². The quantitative estimate of drug-likeness (QED) is 0.798. The third-order valence-corrected chi connectivity index (χ3v) is 3.45. The van der Waals surface area contributed by atoms with Crippen molar-refractivity contribution in [2.24, 2.45) is 0 Å². The largest absolute Gasteiger partial charge is 0.354 e. The Morgan fingerprint density at radius 2 is 1.65 bits per heavy atom. The summed E-state index contributed by atoms with van der Waals surface area (Å²) < 4.78 is 13.6. The molecule has 0 aliphatic carbocycles. The molecule has 0 aromatic heterocycles. The summed E-state index contributed by atoms with van der Waals surface area (Å²) in [4.78, 5) is 23.6. The van der Waals surface area contributed by atoms with Gasteiger partial charge in [-0.3, -0.25) is 9.59 Å². The molecule has 0 heterocycles. The number of carbonyl (C=O) groups is 2. The molecule has 2 aromatic carbocycles. The minimum absolute atomic E-state index is 0.0515. The van der Waals surface area contributed by atoms with Gasteiger partial charge < -0.3 is 10.6 Å². The van der Waals surface area contributed by atoms with E-state index >= 15 is 0 Å². The fourth-order valence-electron chi connectivity index (χ4n) is 2.02. The number of halogens is 2. The Morgan fingerprint density at radius 3 is 2.35 bits per heavy atom. The Balaban J connectivity index is 1.75. The molecule has 6 heteroatoms. The zero-order valence-electron chi connectivity index (χ0n) is 12.3. The van der Waals surface area contributed by atoms with Gasteiger partial charge >= 0.3 is 0 Å². The molecule has 0 aliphatic rings. The predicted molar refractivity (Wildman–Crippen MR) is 86.9 cm³/mol. The number of nitrogens with one attached hydrogen (secondary N) is 2. The molecule has 0 saturated carbocycles. The lowest BCUT2D eigenvalue weighted by Crippen LogP contribution is -2.35. The molecule has 0 atom stereocenters. The van der Waals surface area contributed by atoms with Crippen LogP contribution in [-0.2, 0) is 11.2 Å². The van der Waals surface area contributed by atoms with Gasteiger partial charge in [-0.05, 0) is 17.7 Å². The molecule has 0 fully saturated rings. The van der Waals surface area contributed by atoms with Crippen molar-refractivity contribution in [1.82, 2.24) is 10.6 Å². The summed E-state index contributed by atoms with van der Waals surface area (Å²) in [5.41, 5.74) is 0.719. The molecule has 2 rings (SSSR count). The second-order valence-electron chi connectivity index (χ2n) is 4.86. The van der Waals surface area contributed by atoms with E-state index in [0.717, 1.165) is 5.56 Å². The molecular weight excluding hydrogens is 319 g/mol. The standard InChI is InChI=1S/C17H16ClFN2O2/c18-13-7-4-8-14(19)16(13)17(23)21-10-9-20-15(22)11-12-5-2-1-3-6-12/h1-8H,9-11H2,(H,20,22)(H,21,23). The number of amides is 2. The predicted octanol–water partition coefficient (Wildman–Crippen LogP) is 2.57. The first-order valence-corrected chi connectivity index (χ1v) is 7.48. The van der Waals surface area contributed by atoms with E-state index in [0.29, 0.717) is 0 Å². The first kappa shape index (κ1) is 17.0. The van der Waals surface area contributed by atoms with E-state index in [-0.39, 0.29) is 36.0 Å². The Hall–Kier alpha value is -2.40. The molecule has 0 spiro atoms. The monoisotopic (exact) mass is 334 g/mol. The molecule has 23 heavy (non-hydrogen) atoms. The maximum absolute atomic E-state index is 13.6. The molecule has 0 bridgehead atoms. The van der Waals surface area contributed by atoms with E-state index in [9.17, 15) is 14.0 Å². The molecule has 0 saturated heterocycles. The maximum Gasteiger partial charge on any atom is 0.255 e. The molecule has 4 nitrogen and oxygen atoms in total. The first-order valence-electron chi connectivity index (χ1n) is 7.11. The van der Waals surface area contributed by atoms with Gasteiger partial charge in [0.05, 0.1) is 17.0 Å². The van der Waals surface area contributed by atoms with E-state index in [1.165, 1.54) is 18.2 Å². The van der Waals surface area contributed by atoms with Crippen LogP contribution >= 0.6 is 11.6 Å². The minimum atomic E-state index is -0.678. The van der Waals surface area contributed by atoms with Gasteiger partial charge in [0.1, 0.15) is 5.82 Å². The lowest BCUT2D eigenvalue weighted by molar-refractivity contribution is -0.120. The smallest absolute Gasteiger partial charge is 0.255 e. The summed E-state index contributed by atoms with van der Waals surface area (Å²) in [6, 6.07) is 13.4. The van der Waals surface area contributed by atoms with E-state index in [4.69, 9.17) is 11.6 Å². The summed E-state index contributed by atoms with van der Waals surface area (Å²) in [6.45, 7) is 0.438. The number of rotatable bonds is 6. The number of benzene rings is 2. The molecule has 0 radical (unpaired) electrons. The minimum Gasteiger partial charge on any atom is -0.354 e. The highest BCUT2D eigenvalue weighted by Gasteiger charge is 2.15. The van der Waals surface area contributed by atoms with E-state index in [1.807, 2.05) is 30.3 Å². The molecule has 0 unspecified atom stereocenters. The van der Waals surface area contributed by atoms with Crippen LogP contribution in [0.15, 0.2) is 48.5 Å². The second-order valence-corrected chi connectivity index (χ2v) is 5.27. The van der Waals surface area contributed by atoms with Crippen molar-refractivity contribution in [3.8, 4) is 0 Å². The zero-order valence-corrected chi connectivity index (χ0v) is 13.1. The van der Waals surface area contributed by atoms with Crippen molar-refractivity contribution in [2.75, 3.05) is 13.1 Å². The van der Waals surface area contributed by atoms with Crippen molar-refractivity contribution in [3.63, 3.8) is 0 Å². The van der Waals surface area contributed by atoms with Crippen LogP contribution in [0.25, 0.3) is 0 Å². The van der Waals surface area contributed by atoms with Crippen LogP contribution in [0.3, 0.4) is 0 Å². The topological polar surface area (TPSA) is 58.2 Å². The Kier molecular flexibility index (Phi) is 6.11. The van der Waals surface area contributed by atoms with Crippen molar-refractivity contribution >= 4 is 23.4 Å². The average Bonchev–Trinajstić information content (AvgIpc) is 2.52. The molecule has 2 aromatic rings. The highest BCUT2D eigenvalue weighted by atomic mass is 35.5. The molecule has 0 aliphatic heterocycles. The van der Waals surface area contributed by atoms with Crippen LogP contribution < -0.4 is 10.6 Å². The normalized spacial score (nSPS) is 10.2. The Bertz CT molecular complexity index is 672. The van der Waals surface area contributed by atoms with Gasteiger partial charge in [0.15, 0.2) is 0 Å². The van der Waals surface area contributed by atoms with E-state index in [1.54, 1.807) is 0 Å². The van der Waals surface area contributed by atoms with E-state index < -0.39 is 11.7 Å². The summed E-state index contributed by atoms with van der Waals surface area (Å²) in [6.07, 6.45) is 0.272. The number of carbonyl (C=O) groups excluding carboxylic acids is 2. The van der Waals surface area contributed by atoms with Gasteiger partial charge in [-0.2, -0.15) is 0 Å². The summed E-state index contributed by atoms with van der Waals surface area (Å²) in [5.74, 6) is -1.43. The third kappa shape index (κ3) is 5.07. The Labute approximate surface area is 138 Å². The lowest BCUT2D eigenvalue weighted by Gasteiger charge is -2.09. The summed E-state index contributed by atoms with van der Waals surface area (Å²) in [7, 11) is 0. The fourth-order valence-corrected chi connectivity index (χ4v) is 2.27. The highest BCUT2D eigenvalue weighted by molar-refractivity contribution is 6.33. The van der Waals surface area contributed by atoms with Gasteiger partial charge in [-0.1, -0.05) is 48.0 Å². The molecule has 2 N–H and O–H groups in total. The summed E-state index contributed by atoms with van der Waals surface area (Å²) in [5, 5.41) is 5.26. The Morgan fingerprint density at radius 1 is 0.957 bits per heavy atom. The van der Waals surface area contributed by atoms with Crippen molar-refractivity contribution in [3.05, 3.63) is 70.5 Å². The van der Waals surface area contributed by atoms with E-state index in [2.05, 4.69) is 10.6 Å². The number of hydrogen-bond donors (Lipinski definition) is 2. The van der Waals surface area contributed by atoms with Crippen LogP contribution in [0.1, 0.15) is 15.9 Å². The zero-order chi connectivity index (χ0) is 16.7. The van der Waals surface area contributed by atoms with Gasteiger partial charge in [0, 0.05) is 13.1 Å². The van der Waals surface area contributed by atoms with Crippen LogP contribution in [0.2, 0.25) is 5.02 Å². The summed E-state index contributed by atoms with van der Waals surface area (Å²) >= 11 is 5.81. The first-order chi connectivity index (χ1) is 11.1. The van der Waals surface area contributed by atoms with Crippen LogP contribution in [0, 0.1) is 5.82 Å². The number of hydrogen-bond acceptors (Lipinski definition) is 2. The maximum atomic E-state index is 13.6. The molecular formula is C17H16ClFN2O2. The fraction of sp³-hybridized carbons (Fsp3) is 0.176. The highest BCUT2D eigenvalue weighted by Crippen LogP contribution is 2.18. The van der Waals surface area contributed by atoms with Crippen molar-refractivity contribution in [1.29, 1.82) is 0 Å². The second kappa shape index (κ2) is 8.29. The van der Waals surface area contributed by atoms with Gasteiger partial charge in [-0.15, -0.1) is 0 Å². The SMILES string of the molecule is O=C(Cc1ccccc1)NCCNC(=O)c1c(F)cccc1Cl. The third-order valence-electron chi connectivity index (χ3n) is 3.13. The lowest BCUT2D eigenvalue weighted by atomic mass is 10.1. The van der Waals surface area contributed by atoms with Gasteiger partial charge in [0.25, 0.3) is 5.91 Å². The van der Waals surface area contributed by atoms with Crippen molar-refractivity contribution < 1.29 is 14.0 Å². The average molecular weight is 335 g/mol. The van der Waals surface area contributed by atoms with Gasteiger partial charge in [0.2, 0.25) is 5.91 Å². The van der Waals surface area contributed by atoms with Gasteiger partial charge in [-0.25, -0.2) is 4.39 Å². The molecule has 120 valence electrons. The van der Waals surface area contributed by atoms with Crippen molar-refractivity contribution in [2.45, 2.75) is 6.42 Å².